The second-order valence-electron chi connectivity index (χ2n) is 5.83. The van der Waals surface area contributed by atoms with E-state index in [4.69, 9.17) is 10.00 Å². The van der Waals surface area contributed by atoms with Crippen molar-refractivity contribution < 1.29 is 14.3 Å². The van der Waals surface area contributed by atoms with E-state index in [0.717, 1.165) is 25.7 Å². The lowest BCUT2D eigenvalue weighted by atomic mass is 9.98. The Balaban J connectivity index is 1.82. The lowest BCUT2D eigenvalue weighted by Gasteiger charge is -2.22. The van der Waals surface area contributed by atoms with E-state index in [9.17, 15) is 9.59 Å². The first-order valence-corrected chi connectivity index (χ1v) is 8.14. The summed E-state index contributed by atoms with van der Waals surface area (Å²) in [5.74, 6) is -0.0184. The average Bonchev–Trinajstić information content (AvgIpc) is 3.10. The van der Waals surface area contributed by atoms with Crippen LogP contribution in [0.3, 0.4) is 0 Å². The molecule has 1 aromatic heterocycles. The van der Waals surface area contributed by atoms with Crippen LogP contribution in [0.5, 0.6) is 0 Å². The van der Waals surface area contributed by atoms with Crippen LogP contribution in [-0.4, -0.2) is 36.1 Å². The van der Waals surface area contributed by atoms with Crippen molar-refractivity contribution >= 4 is 17.7 Å². The first-order chi connectivity index (χ1) is 11.6. The van der Waals surface area contributed by atoms with Crippen LogP contribution in [0.15, 0.2) is 18.3 Å². The van der Waals surface area contributed by atoms with Crippen molar-refractivity contribution in [2.24, 2.45) is 5.92 Å². The summed E-state index contributed by atoms with van der Waals surface area (Å²) in [6, 6.07) is 4.81. The highest BCUT2D eigenvalue weighted by molar-refractivity contribution is 5.83. The number of hydrogen-bond acceptors (Lipinski definition) is 6. The topological polar surface area (TPSA) is 104 Å². The second kappa shape index (κ2) is 8.87. The van der Waals surface area contributed by atoms with Gasteiger partial charge in [-0.2, -0.15) is 5.26 Å². The minimum absolute atomic E-state index is 0.142. The Morgan fingerprint density at radius 3 is 2.88 bits per heavy atom. The predicted molar refractivity (Wildman–Crippen MR) is 88.0 cm³/mol. The van der Waals surface area contributed by atoms with Crippen LogP contribution in [0.4, 0.5) is 5.82 Å². The molecule has 1 unspecified atom stereocenters. The maximum absolute atomic E-state index is 12.3. The molecule has 7 heteroatoms. The number of carbonyl (C=O) groups excluding carboxylic acids is 2. The number of esters is 1. The number of ether oxygens (including phenoxy) is 1. The van der Waals surface area contributed by atoms with Crippen molar-refractivity contribution in [2.75, 3.05) is 18.5 Å². The SMILES string of the molecule is CC(=O)NC(C(=O)OCCNc1ncccc1C#N)C1CCCC1. The molecule has 1 aliphatic carbocycles. The van der Waals surface area contributed by atoms with Crippen molar-refractivity contribution in [1.82, 2.24) is 10.3 Å². The number of amides is 1. The average molecular weight is 330 g/mol. The van der Waals surface area contributed by atoms with Gasteiger partial charge in [-0.25, -0.2) is 9.78 Å². The molecule has 1 atom stereocenters. The number of hydrogen-bond donors (Lipinski definition) is 2. The number of anilines is 1. The number of nitriles is 1. The third-order valence-electron chi connectivity index (χ3n) is 4.05. The van der Waals surface area contributed by atoms with E-state index < -0.39 is 12.0 Å². The number of nitrogens with one attached hydrogen (secondary N) is 2. The minimum Gasteiger partial charge on any atom is -0.462 e. The summed E-state index contributed by atoms with van der Waals surface area (Å²) in [6.07, 6.45) is 5.59. The molecule has 1 aromatic rings. The molecule has 0 saturated heterocycles. The molecule has 128 valence electrons. The largest absolute Gasteiger partial charge is 0.462 e. The summed E-state index contributed by atoms with van der Waals surface area (Å²) in [7, 11) is 0. The monoisotopic (exact) mass is 330 g/mol. The Hall–Kier alpha value is -2.62. The molecule has 1 fully saturated rings. The van der Waals surface area contributed by atoms with Gasteiger partial charge in [-0.05, 0) is 30.9 Å². The van der Waals surface area contributed by atoms with Gasteiger partial charge in [-0.15, -0.1) is 0 Å². The smallest absolute Gasteiger partial charge is 0.328 e. The van der Waals surface area contributed by atoms with Gasteiger partial charge in [0.1, 0.15) is 24.5 Å². The highest BCUT2D eigenvalue weighted by atomic mass is 16.5. The van der Waals surface area contributed by atoms with Gasteiger partial charge < -0.3 is 15.4 Å². The zero-order valence-electron chi connectivity index (χ0n) is 13.7. The minimum atomic E-state index is -0.575. The molecule has 1 saturated carbocycles. The molecule has 2 rings (SSSR count). The van der Waals surface area contributed by atoms with E-state index in [1.165, 1.54) is 6.92 Å². The zero-order chi connectivity index (χ0) is 17.4. The third kappa shape index (κ3) is 4.95. The summed E-state index contributed by atoms with van der Waals surface area (Å²) in [5.41, 5.74) is 0.436. The van der Waals surface area contributed by atoms with Crippen LogP contribution in [0, 0.1) is 17.2 Å². The maximum atomic E-state index is 12.3. The quantitative estimate of drug-likeness (QED) is 0.581. The van der Waals surface area contributed by atoms with Crippen LogP contribution >= 0.6 is 0 Å². The fraction of sp³-hybridized carbons (Fsp3) is 0.529. The molecular weight excluding hydrogens is 308 g/mol. The lowest BCUT2D eigenvalue weighted by molar-refractivity contribution is -0.149. The van der Waals surface area contributed by atoms with Crippen LogP contribution in [-0.2, 0) is 14.3 Å². The predicted octanol–water partition coefficient (Wildman–Crippen LogP) is 1.60. The van der Waals surface area contributed by atoms with Crippen molar-refractivity contribution in [2.45, 2.75) is 38.6 Å². The van der Waals surface area contributed by atoms with E-state index >= 15 is 0 Å². The first kappa shape index (κ1) is 17.7. The first-order valence-electron chi connectivity index (χ1n) is 8.14. The molecule has 0 spiro atoms. The van der Waals surface area contributed by atoms with E-state index in [1.54, 1.807) is 18.3 Å². The van der Waals surface area contributed by atoms with Crippen molar-refractivity contribution in [1.29, 1.82) is 5.26 Å². The highest BCUT2D eigenvalue weighted by Crippen LogP contribution is 2.28. The van der Waals surface area contributed by atoms with Crippen LogP contribution in [0.2, 0.25) is 0 Å². The summed E-state index contributed by atoms with van der Waals surface area (Å²) < 4.78 is 5.29. The van der Waals surface area contributed by atoms with Gasteiger partial charge in [0.25, 0.3) is 0 Å². The fourth-order valence-corrected chi connectivity index (χ4v) is 2.93. The molecule has 24 heavy (non-hydrogen) atoms. The van der Waals surface area contributed by atoms with Crippen molar-refractivity contribution in [3.63, 3.8) is 0 Å². The molecule has 0 aromatic carbocycles. The Morgan fingerprint density at radius 1 is 1.46 bits per heavy atom. The van der Waals surface area contributed by atoms with E-state index in [1.807, 2.05) is 6.07 Å². The lowest BCUT2D eigenvalue weighted by Crippen LogP contribution is -2.45. The van der Waals surface area contributed by atoms with E-state index in [2.05, 4.69) is 15.6 Å². The van der Waals surface area contributed by atoms with E-state index in [-0.39, 0.29) is 18.4 Å². The molecule has 1 aliphatic rings. The van der Waals surface area contributed by atoms with Gasteiger partial charge in [-0.3, -0.25) is 4.79 Å². The maximum Gasteiger partial charge on any atom is 0.328 e. The normalized spacial score (nSPS) is 15.3. The number of carbonyl (C=O) groups is 2. The van der Waals surface area contributed by atoms with Gasteiger partial charge in [0.2, 0.25) is 5.91 Å². The number of aromatic nitrogens is 1. The Kier molecular flexibility index (Phi) is 6.55. The van der Waals surface area contributed by atoms with Gasteiger partial charge in [-0.1, -0.05) is 12.8 Å². The van der Waals surface area contributed by atoms with Crippen molar-refractivity contribution in [3.05, 3.63) is 23.9 Å². The molecule has 1 amide bonds. The van der Waals surface area contributed by atoms with Crippen molar-refractivity contribution in [3.8, 4) is 6.07 Å². The molecule has 0 radical (unpaired) electrons. The fourth-order valence-electron chi connectivity index (χ4n) is 2.93. The van der Waals surface area contributed by atoms with Gasteiger partial charge in [0, 0.05) is 13.1 Å². The second-order valence-corrected chi connectivity index (χ2v) is 5.83. The molecule has 0 aliphatic heterocycles. The number of pyridine rings is 1. The molecular formula is C17H22N4O3. The van der Waals surface area contributed by atoms with Gasteiger partial charge in [0.05, 0.1) is 12.1 Å². The highest BCUT2D eigenvalue weighted by Gasteiger charge is 2.32. The summed E-state index contributed by atoms with van der Waals surface area (Å²) in [5, 5.41) is 14.7. The van der Waals surface area contributed by atoms with Crippen LogP contribution in [0.1, 0.15) is 38.2 Å². The molecule has 2 N–H and O–H groups in total. The Morgan fingerprint density at radius 2 is 2.21 bits per heavy atom. The molecule has 0 bridgehead atoms. The zero-order valence-corrected chi connectivity index (χ0v) is 13.7. The van der Waals surface area contributed by atoms with Gasteiger partial charge in [0.15, 0.2) is 0 Å². The van der Waals surface area contributed by atoms with Crippen LogP contribution in [0.25, 0.3) is 0 Å². The summed E-state index contributed by atoms with van der Waals surface area (Å²) in [6.45, 7) is 1.89. The Labute approximate surface area is 141 Å². The van der Waals surface area contributed by atoms with Gasteiger partial charge >= 0.3 is 5.97 Å². The summed E-state index contributed by atoms with van der Waals surface area (Å²) in [4.78, 5) is 27.7. The molecule has 7 nitrogen and oxygen atoms in total. The Bertz CT molecular complexity index is 621. The van der Waals surface area contributed by atoms with E-state index in [0.29, 0.717) is 17.9 Å². The molecule has 1 heterocycles. The number of rotatable bonds is 7. The third-order valence-corrected chi connectivity index (χ3v) is 4.05. The standard InChI is InChI=1S/C17H22N4O3/c1-12(22)21-15(13-5-2-3-6-13)17(23)24-10-9-20-16-14(11-18)7-4-8-19-16/h4,7-8,13,15H,2-3,5-6,9-10H2,1H3,(H,19,20)(H,21,22). The summed E-state index contributed by atoms with van der Waals surface area (Å²) >= 11 is 0. The number of nitrogens with zero attached hydrogens (tertiary/aromatic N) is 2. The van der Waals surface area contributed by atoms with Crippen LogP contribution < -0.4 is 10.6 Å².